The lowest BCUT2D eigenvalue weighted by atomic mass is 9.97. The Labute approximate surface area is 172 Å². The monoisotopic (exact) mass is 407 g/mol. The summed E-state index contributed by atoms with van der Waals surface area (Å²) in [5, 5.41) is 8.20. The van der Waals surface area contributed by atoms with Gasteiger partial charge in [-0.25, -0.2) is 0 Å². The predicted octanol–water partition coefficient (Wildman–Crippen LogP) is 3.73. The zero-order chi connectivity index (χ0) is 18.5. The van der Waals surface area contributed by atoms with Gasteiger partial charge < -0.3 is 10.6 Å². The maximum atomic E-state index is 12.0. The van der Waals surface area contributed by atoms with Crippen molar-refractivity contribution in [3.8, 4) is 0 Å². The molecule has 2 N–H and O–H groups in total. The number of thiophene rings is 1. The van der Waals surface area contributed by atoms with Gasteiger partial charge in [-0.2, -0.15) is 0 Å². The molecule has 1 amide bonds. The molecular weight excluding hydrogens is 378 g/mol. The lowest BCUT2D eigenvalue weighted by Gasteiger charge is -2.35. The topological polar surface area (TPSA) is 44.4 Å². The maximum absolute atomic E-state index is 12.0. The quantitative estimate of drug-likeness (QED) is 0.735. The molecule has 0 aliphatic carbocycles. The average Bonchev–Trinajstić information content (AvgIpc) is 3.10. The number of hydrogen-bond donors (Lipinski definition) is 2. The zero-order valence-electron chi connectivity index (χ0n) is 16.3. The largest absolute Gasteiger partial charge is 0.353 e. The fraction of sp³-hybridized carbons (Fsp3) is 0.476. The second-order valence-corrected chi connectivity index (χ2v) is 8.26. The van der Waals surface area contributed by atoms with Crippen LogP contribution in [0, 0.1) is 0 Å². The van der Waals surface area contributed by atoms with Gasteiger partial charge in [0.1, 0.15) is 0 Å². The highest BCUT2D eigenvalue weighted by Gasteiger charge is 2.26. The Balaban J connectivity index is 0.00000261. The third-order valence-corrected chi connectivity index (χ3v) is 6.12. The fourth-order valence-corrected chi connectivity index (χ4v) is 4.42. The first-order chi connectivity index (χ1) is 12.6. The molecule has 0 bridgehead atoms. The molecule has 3 rings (SSSR count). The van der Waals surface area contributed by atoms with Crippen molar-refractivity contribution in [2.75, 3.05) is 26.7 Å². The number of fused-ring (bicyclic) bond motifs is 1. The van der Waals surface area contributed by atoms with E-state index < -0.39 is 0 Å². The maximum Gasteiger partial charge on any atom is 0.234 e. The van der Waals surface area contributed by atoms with Crippen molar-refractivity contribution in [1.82, 2.24) is 15.5 Å². The summed E-state index contributed by atoms with van der Waals surface area (Å²) in [6.07, 6.45) is 1.10. The minimum atomic E-state index is 0. The van der Waals surface area contributed by atoms with Crippen LogP contribution in [0.25, 0.3) is 0 Å². The summed E-state index contributed by atoms with van der Waals surface area (Å²) in [4.78, 5) is 16.0. The third-order valence-electron chi connectivity index (χ3n) is 5.10. The molecule has 1 atom stereocenters. The number of hydrogen-bond acceptors (Lipinski definition) is 4. The van der Waals surface area contributed by atoms with Crippen molar-refractivity contribution < 1.29 is 4.79 Å². The van der Waals surface area contributed by atoms with Crippen LogP contribution in [0.4, 0.5) is 0 Å². The highest BCUT2D eigenvalue weighted by Crippen LogP contribution is 2.30. The van der Waals surface area contributed by atoms with E-state index in [1.54, 1.807) is 7.05 Å². The van der Waals surface area contributed by atoms with Crippen LogP contribution in [-0.2, 0) is 17.8 Å². The van der Waals surface area contributed by atoms with Crippen molar-refractivity contribution in [1.29, 1.82) is 0 Å². The van der Waals surface area contributed by atoms with Crippen LogP contribution in [0.5, 0.6) is 0 Å². The molecule has 2 heterocycles. The van der Waals surface area contributed by atoms with E-state index in [0.29, 0.717) is 19.0 Å². The summed E-state index contributed by atoms with van der Waals surface area (Å²) in [5.41, 5.74) is 4.06. The minimum Gasteiger partial charge on any atom is -0.353 e. The van der Waals surface area contributed by atoms with Gasteiger partial charge in [-0.15, -0.1) is 23.7 Å². The first-order valence-electron chi connectivity index (χ1n) is 9.39. The molecule has 0 saturated carbocycles. The number of likely N-dealkylation sites (N-methyl/N-ethyl adjacent to an activating group) is 1. The molecular formula is C21H30ClN3OS. The van der Waals surface area contributed by atoms with Crippen LogP contribution in [0.3, 0.4) is 0 Å². The van der Waals surface area contributed by atoms with E-state index in [1.807, 2.05) is 11.3 Å². The molecule has 0 fully saturated rings. The van der Waals surface area contributed by atoms with Gasteiger partial charge in [-0.3, -0.25) is 9.69 Å². The van der Waals surface area contributed by atoms with E-state index in [2.05, 4.69) is 65.1 Å². The molecule has 1 aliphatic rings. The third kappa shape index (κ3) is 5.55. The Kier molecular flexibility index (Phi) is 8.29. The van der Waals surface area contributed by atoms with E-state index in [9.17, 15) is 4.79 Å². The van der Waals surface area contributed by atoms with Crippen LogP contribution >= 0.6 is 23.7 Å². The van der Waals surface area contributed by atoms with Gasteiger partial charge in [-0.05, 0) is 47.5 Å². The molecule has 6 heteroatoms. The smallest absolute Gasteiger partial charge is 0.234 e. The minimum absolute atomic E-state index is 0. The lowest BCUT2D eigenvalue weighted by molar-refractivity contribution is -0.120. The van der Waals surface area contributed by atoms with E-state index in [-0.39, 0.29) is 24.4 Å². The number of amides is 1. The summed E-state index contributed by atoms with van der Waals surface area (Å²) in [5.74, 6) is 0.575. The number of nitrogens with zero attached hydrogens (tertiary/aromatic N) is 1. The Morgan fingerprint density at radius 2 is 1.89 bits per heavy atom. The van der Waals surface area contributed by atoms with Crippen molar-refractivity contribution >= 4 is 29.7 Å². The van der Waals surface area contributed by atoms with E-state index in [1.165, 1.54) is 21.6 Å². The van der Waals surface area contributed by atoms with Crippen molar-refractivity contribution in [3.05, 3.63) is 57.3 Å². The highest BCUT2D eigenvalue weighted by atomic mass is 35.5. The molecule has 4 nitrogen and oxygen atoms in total. The van der Waals surface area contributed by atoms with Crippen molar-refractivity contribution in [2.24, 2.45) is 0 Å². The van der Waals surface area contributed by atoms with Crippen LogP contribution in [0.2, 0.25) is 0 Å². The van der Waals surface area contributed by atoms with E-state index in [0.717, 1.165) is 19.5 Å². The summed E-state index contributed by atoms with van der Waals surface area (Å²) in [7, 11) is 1.80. The molecule has 0 spiro atoms. The number of rotatable bonds is 7. The fourth-order valence-electron chi connectivity index (χ4n) is 3.53. The van der Waals surface area contributed by atoms with Crippen molar-refractivity contribution in [2.45, 2.75) is 38.8 Å². The van der Waals surface area contributed by atoms with E-state index in [4.69, 9.17) is 0 Å². The van der Waals surface area contributed by atoms with Gasteiger partial charge in [0.05, 0.1) is 12.6 Å². The van der Waals surface area contributed by atoms with Crippen LogP contribution in [-0.4, -0.2) is 37.5 Å². The van der Waals surface area contributed by atoms with Gasteiger partial charge in [0, 0.05) is 24.5 Å². The summed E-state index contributed by atoms with van der Waals surface area (Å²) in [6.45, 7) is 7.42. The first-order valence-corrected chi connectivity index (χ1v) is 10.3. The zero-order valence-corrected chi connectivity index (χ0v) is 18.0. The molecule has 1 unspecified atom stereocenters. The number of halogens is 1. The molecule has 2 aromatic rings. The number of nitrogens with one attached hydrogen (secondary N) is 2. The molecule has 1 aliphatic heterocycles. The Morgan fingerprint density at radius 1 is 1.19 bits per heavy atom. The van der Waals surface area contributed by atoms with Gasteiger partial charge in [-0.1, -0.05) is 38.1 Å². The van der Waals surface area contributed by atoms with Crippen molar-refractivity contribution in [3.63, 3.8) is 0 Å². The molecule has 148 valence electrons. The summed E-state index contributed by atoms with van der Waals surface area (Å²) < 4.78 is 0. The summed E-state index contributed by atoms with van der Waals surface area (Å²) in [6, 6.07) is 11.3. The highest BCUT2D eigenvalue weighted by molar-refractivity contribution is 7.10. The van der Waals surface area contributed by atoms with Crippen LogP contribution in [0.1, 0.15) is 47.4 Å². The number of carbonyl (C=O) groups excluding carboxylic acids is 1. The first kappa shape index (κ1) is 21.9. The Bertz CT molecular complexity index is 729. The van der Waals surface area contributed by atoms with Gasteiger partial charge in [0.25, 0.3) is 0 Å². The standard InChI is InChI=1S/C21H29N3OS.ClH/c1-15(2)16-4-6-17(7-5-16)19(12-23-21(25)13-22-3)24-10-8-20-18(14-24)9-11-26-20;/h4-7,9,11,15,19,22H,8,10,12-14H2,1-3H3,(H,23,25);1H. The number of benzene rings is 1. The lowest BCUT2D eigenvalue weighted by Crippen LogP contribution is -2.42. The molecule has 1 aromatic carbocycles. The van der Waals surface area contributed by atoms with Gasteiger partial charge in [0.2, 0.25) is 5.91 Å². The molecule has 27 heavy (non-hydrogen) atoms. The van der Waals surface area contributed by atoms with Crippen LogP contribution < -0.4 is 10.6 Å². The Hall–Kier alpha value is -1.40. The van der Waals surface area contributed by atoms with Gasteiger partial charge in [0.15, 0.2) is 0 Å². The average molecular weight is 408 g/mol. The van der Waals surface area contributed by atoms with Gasteiger partial charge >= 0.3 is 0 Å². The Morgan fingerprint density at radius 3 is 2.56 bits per heavy atom. The second-order valence-electron chi connectivity index (χ2n) is 7.26. The van der Waals surface area contributed by atoms with Crippen LogP contribution in [0.15, 0.2) is 35.7 Å². The molecule has 0 saturated heterocycles. The second kappa shape index (κ2) is 10.2. The molecule has 0 radical (unpaired) electrons. The predicted molar refractivity (Wildman–Crippen MR) is 116 cm³/mol. The number of carbonyl (C=O) groups is 1. The van der Waals surface area contributed by atoms with E-state index >= 15 is 0 Å². The normalized spacial score (nSPS) is 15.1. The summed E-state index contributed by atoms with van der Waals surface area (Å²) >= 11 is 1.86. The SMILES string of the molecule is CNCC(=O)NCC(c1ccc(C(C)C)cc1)N1CCc2sccc2C1.Cl. The molecule has 1 aromatic heterocycles.